The minimum Gasteiger partial charge on any atom is -0.485 e. The van der Waals surface area contributed by atoms with E-state index >= 15 is 9.13 Å². The zero-order valence-electron chi connectivity index (χ0n) is 78.9. The largest absolute Gasteiger partial charge is 0.485 e. The third-order valence-electron chi connectivity index (χ3n) is 25.1. The maximum atomic E-state index is 15.3. The number of nitrogens with zero attached hydrogens (tertiary/aromatic N) is 17. The molecule has 6 saturated heterocycles. The molecule has 20 rings (SSSR count). The Morgan fingerprint density at radius 1 is 0.369 bits per heavy atom. The van der Waals surface area contributed by atoms with Gasteiger partial charge in [0.1, 0.15) is 111 Å². The number of nitrogens with two attached hydrogens (primary N) is 5. The number of anilines is 5. The molecular formula is C84H98N27O33P5. The second-order valence-corrected chi connectivity index (χ2v) is 44.6. The molecule has 14 aromatic rings. The molecule has 3 aromatic carbocycles. The van der Waals surface area contributed by atoms with E-state index < -0.39 is 222 Å². The van der Waals surface area contributed by atoms with Crippen LogP contribution in [-0.2, 0) is 121 Å². The van der Waals surface area contributed by atoms with E-state index in [1.807, 2.05) is 60.7 Å². The quantitative estimate of drug-likeness (QED) is 0.0238. The minimum absolute atomic E-state index is 0.0356. The molecular weight excluding hydrogens is 2070 g/mol. The number of rotatable bonds is 41. The van der Waals surface area contributed by atoms with Crippen LogP contribution in [0.1, 0.15) is 98.1 Å². The van der Waals surface area contributed by atoms with E-state index in [4.69, 9.17) is 117 Å². The number of aromatic nitrogens is 22. The number of aryl methyl sites for hydroxylation is 1. The molecule has 6 fully saturated rings. The van der Waals surface area contributed by atoms with E-state index in [2.05, 4.69) is 79.7 Å². The van der Waals surface area contributed by atoms with Gasteiger partial charge >= 0.3 is 44.1 Å². The summed E-state index contributed by atoms with van der Waals surface area (Å²) in [6.45, 7) is 0.856. The van der Waals surface area contributed by atoms with Crippen LogP contribution in [0.3, 0.4) is 0 Å². The van der Waals surface area contributed by atoms with E-state index in [0.29, 0.717) is 17.1 Å². The summed E-state index contributed by atoms with van der Waals surface area (Å²) in [5, 5.41) is 11.2. The highest BCUT2D eigenvalue weighted by atomic mass is 31.2. The average Bonchev–Trinajstić information content (AvgIpc) is 1.63. The van der Waals surface area contributed by atoms with Gasteiger partial charge in [0.2, 0.25) is 23.8 Å². The maximum absolute atomic E-state index is 15.3. The Kier molecular flexibility index (Phi) is 29.3. The molecule has 0 bridgehead atoms. The molecule has 18 N–H and O–H groups in total. The summed E-state index contributed by atoms with van der Waals surface area (Å²) < 4.78 is 200. The third-order valence-corrected chi connectivity index (χ3v) is 30.9. The number of fused-ring (bicyclic) bond motifs is 5. The molecule has 11 aromatic heterocycles. The van der Waals surface area contributed by atoms with Crippen molar-refractivity contribution in [3.8, 4) is 11.5 Å². The maximum Gasteiger partial charge on any atom is 0.472 e. The highest BCUT2D eigenvalue weighted by Crippen LogP contribution is 2.58. The Labute approximate surface area is 836 Å². The molecule has 0 radical (unpaired) electrons. The SMILES string of the molecule is Cc1cn(C2CC(OP(=O)(O)OCC3OC(n4cnc5c(=O)[nH]c(N)nc54)CC3OP(=O)(O)OCC3OC(n4cnc5c(=O)[nH]c(N)nc54)CC3OP(C)(=O)OCC3OC(n4cnc5c(=O)[nH]c(N)nc54)CC3OP(C)(=O)OCC3OC(n4cnc5c(N)ncnc54)CC3OP(C)(=O)OCC3OC(n4cnc5c(=O)[nH]c(N)nc54)CC3O)C(COCc3ccc(OCc4ccccc4)c(OCc4ccccc4)c3)O2)c(=O)[nH]c1=O. The van der Waals surface area contributed by atoms with Crippen molar-refractivity contribution >= 4 is 124 Å². The van der Waals surface area contributed by atoms with E-state index in [1.165, 1.54) is 74.3 Å². The Balaban J connectivity index is 0.526. The van der Waals surface area contributed by atoms with E-state index in [1.54, 1.807) is 18.2 Å². The van der Waals surface area contributed by atoms with Crippen molar-refractivity contribution in [3.05, 3.63) is 208 Å². The first-order valence-corrected chi connectivity index (χ1v) is 55.0. The smallest absolute Gasteiger partial charge is 0.472 e. The molecule has 65 heteroatoms. The van der Waals surface area contributed by atoms with Crippen LogP contribution in [0.2, 0.25) is 0 Å². The van der Waals surface area contributed by atoms with Crippen LogP contribution in [0, 0.1) is 6.92 Å². The number of aliphatic hydroxyl groups is 1. The summed E-state index contributed by atoms with van der Waals surface area (Å²) in [4.78, 5) is 160. The Morgan fingerprint density at radius 2 is 0.711 bits per heavy atom. The summed E-state index contributed by atoms with van der Waals surface area (Å²) in [5.41, 5.74) is 27.6. The van der Waals surface area contributed by atoms with Crippen LogP contribution in [0.25, 0.3) is 55.8 Å². The van der Waals surface area contributed by atoms with Crippen molar-refractivity contribution in [1.29, 1.82) is 0 Å². The highest BCUT2D eigenvalue weighted by Gasteiger charge is 2.52. The lowest BCUT2D eigenvalue weighted by atomic mass is 10.2. The van der Waals surface area contributed by atoms with Crippen molar-refractivity contribution < 1.29 is 126 Å². The van der Waals surface area contributed by atoms with E-state index in [0.717, 1.165) is 35.4 Å². The fourth-order valence-electron chi connectivity index (χ4n) is 18.0. The molecule has 0 amide bonds. The molecule has 792 valence electrons. The number of aliphatic hydroxyl groups excluding tert-OH is 1. The number of phosphoric acid groups is 2. The molecule has 17 heterocycles. The standard InChI is InChI=1S/C84H98N27O33P5/c1-40-24-106(84(118)105-75(40)113)59-22-50(53(135-59)28-126-25-43-15-16-45(127-26-41-11-7-5-8-12-41)46(17-43)128-27-42-13-9-6-10-14-42)143-148(122,123)133-33-57-51(23-63(139-57)111-39-96-68-74(111)100-83(89)104-79(68)117)144-149(124,125)132-32-56-49(21-62(138-56)110-38-95-67-73(110)99-82(88)103-78(67)116)142-147(4,121)131-31-55-48(20-61(137-55)109-37-94-66-72(109)98-81(87)102-77(66)115)141-146(3,120)130-30-54-47(19-60(136-54)107-35-92-64-69(85)90-34-91-70(64)107)140-145(2,119)129-29-52-44(112)18-58(134-52)108-36-93-65-71(108)97-80(86)101-76(65)114/h5-17,24,34-39,44,47-63,112H,18-23,25-33H2,1-4H3,(H,122,123)(H,124,125)(H2,85,90,91)(H,105,113,118)(H3,86,97,101,114)(H3,87,98,102,115)(H3,88,99,103,116)(H3,89,100,104,117). The fourth-order valence-corrected chi connectivity index (χ4v) is 23.5. The van der Waals surface area contributed by atoms with Crippen LogP contribution < -0.4 is 71.6 Å². The third kappa shape index (κ3) is 23.1. The number of phosphoric ester groups is 2. The molecule has 6 aliphatic heterocycles. The van der Waals surface area contributed by atoms with Gasteiger partial charge in [0.15, 0.2) is 67.6 Å². The lowest BCUT2D eigenvalue weighted by molar-refractivity contribution is -0.0710. The molecule has 0 saturated carbocycles. The van der Waals surface area contributed by atoms with Crippen molar-refractivity contribution in [2.45, 2.75) is 176 Å². The monoisotopic (exact) mass is 2170 g/mol. The lowest BCUT2D eigenvalue weighted by Gasteiger charge is -2.27. The Bertz CT molecular complexity index is 8010. The number of imidazole rings is 5. The van der Waals surface area contributed by atoms with Crippen LogP contribution in [0.4, 0.5) is 29.6 Å². The van der Waals surface area contributed by atoms with Gasteiger partial charge in [-0.05, 0) is 35.7 Å². The minimum atomic E-state index is -5.59. The number of ether oxygens (including phenoxy) is 9. The number of nitrogen functional groups attached to an aromatic ring is 5. The predicted molar refractivity (Wildman–Crippen MR) is 515 cm³/mol. The van der Waals surface area contributed by atoms with Gasteiger partial charge in [-0.25, -0.2) is 48.8 Å². The topological polar surface area (TPSA) is 804 Å². The van der Waals surface area contributed by atoms with Gasteiger partial charge in [-0.2, -0.15) is 19.9 Å². The van der Waals surface area contributed by atoms with Crippen LogP contribution in [-0.4, -0.2) is 255 Å². The molecule has 0 spiro atoms. The Hall–Kier alpha value is -12.8. The number of hydrogen-bond acceptors (Lipinski definition) is 47. The van der Waals surface area contributed by atoms with E-state index in [-0.39, 0.29) is 150 Å². The first-order valence-electron chi connectivity index (χ1n) is 46.0. The van der Waals surface area contributed by atoms with Gasteiger partial charge in [0.25, 0.3) is 27.8 Å². The molecule has 149 heavy (non-hydrogen) atoms. The number of aromatic amines is 5. The van der Waals surface area contributed by atoms with Crippen molar-refractivity contribution in [2.75, 3.05) is 88.3 Å². The fraction of sp³-hybridized carbons (Fsp3) is 0.440. The number of nitrogens with one attached hydrogen (secondary N) is 5. The van der Waals surface area contributed by atoms with Gasteiger partial charge in [-0.15, -0.1) is 0 Å². The van der Waals surface area contributed by atoms with Gasteiger partial charge in [0.05, 0.1) is 102 Å². The summed E-state index contributed by atoms with van der Waals surface area (Å²) >= 11 is 0. The first kappa shape index (κ1) is 103. The van der Waals surface area contributed by atoms with Gasteiger partial charge in [0, 0.05) is 70.3 Å². The van der Waals surface area contributed by atoms with Gasteiger partial charge < -0.3 is 113 Å². The molecule has 23 unspecified atom stereocenters. The van der Waals surface area contributed by atoms with Gasteiger partial charge in [-0.3, -0.25) is 108 Å². The summed E-state index contributed by atoms with van der Waals surface area (Å²) in [5.74, 6) is -0.339. The number of hydrogen-bond donors (Lipinski definition) is 13. The van der Waals surface area contributed by atoms with Crippen molar-refractivity contribution in [3.63, 3.8) is 0 Å². The number of H-pyrrole nitrogens is 5. The molecule has 0 aliphatic carbocycles. The van der Waals surface area contributed by atoms with Crippen LogP contribution >= 0.6 is 38.4 Å². The highest BCUT2D eigenvalue weighted by molar-refractivity contribution is 7.53. The second kappa shape index (κ2) is 42.2. The molecule has 60 nitrogen and oxygen atoms in total. The zero-order chi connectivity index (χ0) is 104. The summed E-state index contributed by atoms with van der Waals surface area (Å²) in [7, 11) is -24.4. The van der Waals surface area contributed by atoms with E-state index in [9.17, 15) is 57.4 Å². The van der Waals surface area contributed by atoms with Crippen molar-refractivity contribution in [1.82, 2.24) is 107 Å². The lowest BCUT2D eigenvalue weighted by Crippen LogP contribution is -2.33. The second-order valence-electron chi connectivity index (χ2n) is 35.7. The predicted octanol–water partition coefficient (Wildman–Crippen LogP) is 4.27. The van der Waals surface area contributed by atoms with Crippen molar-refractivity contribution in [2.24, 2.45) is 0 Å². The molecule has 23 atom stereocenters. The number of benzene rings is 3. The average molecular weight is 2170 g/mol. The summed E-state index contributed by atoms with van der Waals surface area (Å²) in [6, 6.07) is 24.1. The molecule has 6 aliphatic rings. The normalized spacial score (nSPS) is 26.2. The van der Waals surface area contributed by atoms with Gasteiger partial charge in [-0.1, -0.05) is 66.7 Å². The van der Waals surface area contributed by atoms with Crippen LogP contribution in [0.5, 0.6) is 11.5 Å². The Morgan fingerprint density at radius 3 is 1.12 bits per heavy atom. The van der Waals surface area contributed by atoms with Crippen LogP contribution in [0.15, 0.2) is 152 Å². The zero-order valence-corrected chi connectivity index (χ0v) is 83.3. The first-order chi connectivity index (χ1) is 71.2. The summed E-state index contributed by atoms with van der Waals surface area (Å²) in [6.07, 6.45) is -16.9.